The molecule has 0 fully saturated rings. The number of H-pyrrole nitrogens is 1. The van der Waals surface area contributed by atoms with E-state index in [0.717, 1.165) is 12.1 Å². The molecule has 0 spiro atoms. The highest BCUT2D eigenvalue weighted by molar-refractivity contribution is 6.03. The third-order valence-electron chi connectivity index (χ3n) is 3.25. The molecule has 2 rings (SSSR count). The molecular formula is C16H19N3O2. The third kappa shape index (κ3) is 3.79. The Morgan fingerprint density at radius 3 is 2.57 bits per heavy atom. The molecule has 5 nitrogen and oxygen atoms in total. The van der Waals surface area contributed by atoms with Crippen LogP contribution in [0, 0.1) is 0 Å². The summed E-state index contributed by atoms with van der Waals surface area (Å²) in [5.41, 5.74) is 1.61. The van der Waals surface area contributed by atoms with E-state index >= 15 is 0 Å². The van der Waals surface area contributed by atoms with Gasteiger partial charge in [0.05, 0.1) is 0 Å². The van der Waals surface area contributed by atoms with Crippen LogP contribution in [0.25, 0.3) is 0 Å². The highest BCUT2D eigenvalue weighted by Crippen LogP contribution is 2.16. The number of carbonyl (C=O) groups excluding carboxylic acids is 1. The molecule has 0 radical (unpaired) electrons. The molecule has 1 atom stereocenters. The molecule has 0 aliphatic heterocycles. The van der Waals surface area contributed by atoms with Crippen molar-refractivity contribution in [3.63, 3.8) is 0 Å². The average Bonchev–Trinajstić information content (AvgIpc) is 2.48. The van der Waals surface area contributed by atoms with Gasteiger partial charge in [0, 0.05) is 30.2 Å². The molecule has 0 saturated heterocycles. The summed E-state index contributed by atoms with van der Waals surface area (Å²) in [7, 11) is 0. The van der Waals surface area contributed by atoms with Gasteiger partial charge in [0.1, 0.15) is 5.56 Å². The van der Waals surface area contributed by atoms with Crippen LogP contribution in [-0.2, 0) is 0 Å². The van der Waals surface area contributed by atoms with Gasteiger partial charge in [0.25, 0.3) is 5.91 Å². The van der Waals surface area contributed by atoms with Gasteiger partial charge in [0.2, 0.25) is 0 Å². The van der Waals surface area contributed by atoms with Crippen molar-refractivity contribution < 1.29 is 4.79 Å². The molecule has 3 N–H and O–H groups in total. The van der Waals surface area contributed by atoms with Gasteiger partial charge >= 0.3 is 0 Å². The fraction of sp³-hybridized carbons (Fsp3) is 0.250. The Hall–Kier alpha value is -2.40. The monoisotopic (exact) mass is 285 g/mol. The number of carbonyl (C=O) groups is 1. The van der Waals surface area contributed by atoms with Gasteiger partial charge in [-0.05, 0) is 31.2 Å². The summed E-state index contributed by atoms with van der Waals surface area (Å²) in [5.74, 6) is -0.413. The summed E-state index contributed by atoms with van der Waals surface area (Å²) in [5, 5.41) is 6.04. The largest absolute Gasteiger partial charge is 0.367 e. The van der Waals surface area contributed by atoms with Crippen molar-refractivity contribution in [2.24, 2.45) is 0 Å². The first-order valence-corrected chi connectivity index (χ1v) is 6.93. The summed E-state index contributed by atoms with van der Waals surface area (Å²) < 4.78 is 0. The average molecular weight is 285 g/mol. The van der Waals surface area contributed by atoms with Gasteiger partial charge in [-0.1, -0.05) is 19.1 Å². The van der Waals surface area contributed by atoms with E-state index < -0.39 is 5.91 Å². The summed E-state index contributed by atoms with van der Waals surface area (Å²) in [6.07, 6.45) is 2.90. The molecule has 2 aromatic rings. The number of benzene rings is 1. The fourth-order valence-corrected chi connectivity index (χ4v) is 2.07. The topological polar surface area (TPSA) is 74.0 Å². The van der Waals surface area contributed by atoms with E-state index in [-0.39, 0.29) is 17.0 Å². The van der Waals surface area contributed by atoms with Crippen molar-refractivity contribution >= 4 is 11.6 Å². The number of pyridine rings is 1. The number of hydrogen-bond acceptors (Lipinski definition) is 3. The van der Waals surface area contributed by atoms with Crippen LogP contribution in [0.2, 0.25) is 0 Å². The van der Waals surface area contributed by atoms with Crippen LogP contribution in [0.1, 0.15) is 35.8 Å². The number of nitrogens with one attached hydrogen (secondary N) is 3. The second-order valence-corrected chi connectivity index (χ2v) is 4.78. The highest BCUT2D eigenvalue weighted by Gasteiger charge is 2.10. The minimum Gasteiger partial charge on any atom is -0.367 e. The number of amides is 1. The lowest BCUT2D eigenvalue weighted by Gasteiger charge is -2.13. The van der Waals surface area contributed by atoms with Crippen molar-refractivity contribution in [3.8, 4) is 0 Å². The Labute approximate surface area is 123 Å². The maximum atomic E-state index is 12.0. The van der Waals surface area contributed by atoms with Crippen LogP contribution >= 0.6 is 0 Å². The maximum absolute atomic E-state index is 12.0. The molecule has 0 bridgehead atoms. The summed E-state index contributed by atoms with van der Waals surface area (Å²) >= 11 is 0. The molecule has 5 heteroatoms. The Kier molecular flexibility index (Phi) is 4.90. The number of aromatic amines is 1. The Balaban J connectivity index is 2.09. The molecule has 0 aliphatic carbocycles. The van der Waals surface area contributed by atoms with E-state index in [9.17, 15) is 9.59 Å². The standard InChI is InChI=1S/C16H19N3O2/c1-3-18-11(2)12-4-6-13(7-5-12)19-16(21)14-10-17-9-8-15(14)20/h4-11,18H,3H2,1-2H3,(H,17,20)(H,19,21). The summed E-state index contributed by atoms with van der Waals surface area (Å²) in [6, 6.07) is 9.17. The Morgan fingerprint density at radius 1 is 1.24 bits per heavy atom. The molecule has 21 heavy (non-hydrogen) atoms. The van der Waals surface area contributed by atoms with Gasteiger partial charge in [-0.3, -0.25) is 9.59 Å². The predicted octanol–water partition coefficient (Wildman–Crippen LogP) is 2.30. The predicted molar refractivity (Wildman–Crippen MR) is 83.5 cm³/mol. The zero-order chi connectivity index (χ0) is 15.2. The van der Waals surface area contributed by atoms with E-state index in [0.29, 0.717) is 5.69 Å². The number of rotatable bonds is 5. The van der Waals surface area contributed by atoms with Crippen LogP contribution in [0.3, 0.4) is 0 Å². The third-order valence-corrected chi connectivity index (χ3v) is 3.25. The molecule has 1 aromatic heterocycles. The minimum atomic E-state index is -0.413. The Morgan fingerprint density at radius 2 is 1.95 bits per heavy atom. The van der Waals surface area contributed by atoms with Gasteiger partial charge in [0.15, 0.2) is 5.43 Å². The van der Waals surface area contributed by atoms with E-state index in [4.69, 9.17) is 0 Å². The molecule has 1 aromatic carbocycles. The lowest BCUT2D eigenvalue weighted by Crippen LogP contribution is -2.21. The first-order valence-electron chi connectivity index (χ1n) is 6.93. The van der Waals surface area contributed by atoms with Crippen LogP contribution in [0.4, 0.5) is 5.69 Å². The van der Waals surface area contributed by atoms with Crippen molar-refractivity contribution in [1.29, 1.82) is 0 Å². The molecule has 0 saturated carbocycles. The Bertz CT molecular complexity index is 662. The molecular weight excluding hydrogens is 266 g/mol. The quantitative estimate of drug-likeness (QED) is 0.789. The molecule has 0 aliphatic rings. The molecule has 110 valence electrons. The van der Waals surface area contributed by atoms with Crippen LogP contribution in [0.5, 0.6) is 0 Å². The van der Waals surface area contributed by atoms with Crippen molar-refractivity contribution in [2.75, 3.05) is 11.9 Å². The molecule has 1 amide bonds. The normalized spacial score (nSPS) is 11.9. The van der Waals surface area contributed by atoms with Gasteiger partial charge < -0.3 is 15.6 Å². The maximum Gasteiger partial charge on any atom is 0.261 e. The zero-order valence-electron chi connectivity index (χ0n) is 12.1. The van der Waals surface area contributed by atoms with Crippen molar-refractivity contribution in [3.05, 3.63) is 64.1 Å². The number of anilines is 1. The van der Waals surface area contributed by atoms with Gasteiger partial charge in [-0.15, -0.1) is 0 Å². The lowest BCUT2D eigenvalue weighted by molar-refractivity contribution is 0.102. The van der Waals surface area contributed by atoms with Crippen LogP contribution in [0.15, 0.2) is 47.5 Å². The second-order valence-electron chi connectivity index (χ2n) is 4.78. The highest BCUT2D eigenvalue weighted by atomic mass is 16.2. The minimum absolute atomic E-state index is 0.0996. The fourth-order valence-electron chi connectivity index (χ4n) is 2.07. The van der Waals surface area contributed by atoms with E-state index in [2.05, 4.69) is 29.5 Å². The second kappa shape index (κ2) is 6.85. The van der Waals surface area contributed by atoms with Crippen LogP contribution < -0.4 is 16.1 Å². The summed E-state index contributed by atoms with van der Waals surface area (Å²) in [4.78, 5) is 26.3. The van der Waals surface area contributed by atoms with Crippen molar-refractivity contribution in [1.82, 2.24) is 10.3 Å². The number of aromatic nitrogens is 1. The van der Waals surface area contributed by atoms with E-state index in [1.54, 1.807) is 0 Å². The lowest BCUT2D eigenvalue weighted by atomic mass is 10.1. The first kappa shape index (κ1) is 15.0. The van der Waals surface area contributed by atoms with E-state index in [1.807, 2.05) is 24.3 Å². The van der Waals surface area contributed by atoms with Crippen LogP contribution in [-0.4, -0.2) is 17.4 Å². The van der Waals surface area contributed by atoms with E-state index in [1.165, 1.54) is 18.5 Å². The molecule has 1 unspecified atom stereocenters. The van der Waals surface area contributed by atoms with Crippen molar-refractivity contribution in [2.45, 2.75) is 19.9 Å². The summed E-state index contributed by atoms with van der Waals surface area (Å²) in [6.45, 7) is 5.04. The smallest absolute Gasteiger partial charge is 0.261 e. The SMILES string of the molecule is CCNC(C)c1ccc(NC(=O)c2c[nH]ccc2=O)cc1. The van der Waals surface area contributed by atoms with Gasteiger partial charge in [-0.25, -0.2) is 0 Å². The molecule has 1 heterocycles. The van der Waals surface area contributed by atoms with Gasteiger partial charge in [-0.2, -0.15) is 0 Å². The first-order chi connectivity index (χ1) is 10.1. The zero-order valence-corrected chi connectivity index (χ0v) is 12.1. The number of hydrogen-bond donors (Lipinski definition) is 3.